The van der Waals surface area contributed by atoms with E-state index in [0.717, 1.165) is 5.56 Å². The molecular formula is C14H13N3OS. The Labute approximate surface area is 115 Å². The maximum atomic E-state index is 12.1. The van der Waals surface area contributed by atoms with Crippen molar-refractivity contribution in [2.75, 3.05) is 6.26 Å². The van der Waals surface area contributed by atoms with E-state index in [2.05, 4.69) is 4.98 Å². The van der Waals surface area contributed by atoms with Gasteiger partial charge in [0.2, 0.25) is 0 Å². The molecule has 5 heteroatoms. The number of nitrogens with zero attached hydrogens (tertiary/aromatic N) is 3. The number of hydrogen-bond donors (Lipinski definition) is 0. The molecule has 2 rings (SSSR count). The van der Waals surface area contributed by atoms with Gasteiger partial charge in [0.15, 0.2) is 0 Å². The van der Waals surface area contributed by atoms with Crippen LogP contribution in [-0.2, 0) is 6.54 Å². The van der Waals surface area contributed by atoms with E-state index in [1.807, 2.05) is 37.3 Å². The number of hydrogen-bond acceptors (Lipinski definition) is 4. The molecule has 19 heavy (non-hydrogen) atoms. The highest BCUT2D eigenvalue weighted by Crippen LogP contribution is 2.13. The van der Waals surface area contributed by atoms with Crippen LogP contribution in [0.25, 0.3) is 0 Å². The first-order chi connectivity index (χ1) is 9.15. The van der Waals surface area contributed by atoms with Gasteiger partial charge < -0.3 is 0 Å². The number of benzene rings is 1. The summed E-state index contributed by atoms with van der Waals surface area (Å²) < 4.78 is 1.46. The molecule has 0 fully saturated rings. The fraction of sp³-hybridized carbons (Fsp3) is 0.214. The summed E-state index contributed by atoms with van der Waals surface area (Å²) in [7, 11) is 0. The molecule has 96 valence electrons. The van der Waals surface area contributed by atoms with Crippen LogP contribution in [0.4, 0.5) is 0 Å². The summed E-state index contributed by atoms with van der Waals surface area (Å²) >= 11 is 1.30. The lowest BCUT2D eigenvalue weighted by Gasteiger charge is -2.07. The molecule has 0 saturated carbocycles. The van der Waals surface area contributed by atoms with Crippen molar-refractivity contribution in [3.05, 3.63) is 57.6 Å². The summed E-state index contributed by atoms with van der Waals surface area (Å²) in [5.74, 6) is 0. The Morgan fingerprint density at radius 3 is 2.63 bits per heavy atom. The molecule has 2 aromatic rings. The largest absolute Gasteiger partial charge is 0.294 e. The number of thioether (sulfide) groups is 1. The Bertz CT molecular complexity index is 683. The zero-order valence-electron chi connectivity index (χ0n) is 10.8. The number of aromatic nitrogens is 2. The predicted molar refractivity (Wildman–Crippen MR) is 75.3 cm³/mol. The zero-order valence-corrected chi connectivity index (χ0v) is 11.6. The second-order valence-electron chi connectivity index (χ2n) is 4.16. The van der Waals surface area contributed by atoms with E-state index < -0.39 is 0 Å². The van der Waals surface area contributed by atoms with Gasteiger partial charge in [0, 0.05) is 0 Å². The smallest absolute Gasteiger partial charge is 0.272 e. The number of aryl methyl sites for hydroxylation is 1. The van der Waals surface area contributed by atoms with Gasteiger partial charge >= 0.3 is 0 Å². The minimum atomic E-state index is -0.289. The van der Waals surface area contributed by atoms with Gasteiger partial charge in [-0.25, -0.2) is 4.98 Å². The van der Waals surface area contributed by atoms with Gasteiger partial charge in [-0.05, 0) is 18.7 Å². The van der Waals surface area contributed by atoms with Gasteiger partial charge in [-0.2, -0.15) is 5.26 Å². The van der Waals surface area contributed by atoms with Crippen LogP contribution < -0.4 is 5.56 Å². The fourth-order valence-electron chi connectivity index (χ4n) is 1.73. The lowest BCUT2D eigenvalue weighted by Crippen LogP contribution is -2.24. The van der Waals surface area contributed by atoms with Crippen molar-refractivity contribution < 1.29 is 0 Å². The first-order valence-corrected chi connectivity index (χ1v) is 6.97. The van der Waals surface area contributed by atoms with Gasteiger partial charge in [-0.3, -0.25) is 9.36 Å². The Morgan fingerprint density at radius 2 is 2.05 bits per heavy atom. The molecule has 1 aromatic heterocycles. The van der Waals surface area contributed by atoms with Crippen LogP contribution in [0.2, 0.25) is 0 Å². The van der Waals surface area contributed by atoms with Crippen LogP contribution in [0.3, 0.4) is 0 Å². The van der Waals surface area contributed by atoms with E-state index in [1.165, 1.54) is 28.2 Å². The second kappa shape index (κ2) is 5.72. The highest BCUT2D eigenvalue weighted by Gasteiger charge is 2.10. The van der Waals surface area contributed by atoms with Crippen LogP contribution in [-0.4, -0.2) is 15.8 Å². The molecule has 0 amide bonds. The van der Waals surface area contributed by atoms with Crippen molar-refractivity contribution in [1.29, 1.82) is 5.26 Å². The standard InChI is InChI=1S/C14H13N3OS/c1-10-3-5-11(6-4-10)8-17-9-16-13(19-2)12(7-15)14(17)18/h3-6,9H,8H2,1-2H3. The summed E-state index contributed by atoms with van der Waals surface area (Å²) in [5.41, 5.74) is 2.00. The fourth-order valence-corrected chi connectivity index (χ4v) is 2.22. The van der Waals surface area contributed by atoms with Gasteiger partial charge in [0.25, 0.3) is 5.56 Å². The van der Waals surface area contributed by atoms with E-state index in [1.54, 1.807) is 6.26 Å². The molecule has 0 bridgehead atoms. The quantitative estimate of drug-likeness (QED) is 0.634. The molecule has 0 aliphatic carbocycles. The predicted octanol–water partition coefficient (Wildman–Crippen LogP) is 2.19. The first kappa shape index (κ1) is 13.4. The third-order valence-electron chi connectivity index (χ3n) is 2.78. The number of nitriles is 1. The average molecular weight is 271 g/mol. The molecule has 0 aliphatic rings. The maximum Gasteiger partial charge on any atom is 0.272 e. The number of rotatable bonds is 3. The van der Waals surface area contributed by atoms with Gasteiger partial charge in [0.05, 0.1) is 12.9 Å². The molecule has 1 aromatic carbocycles. The summed E-state index contributed by atoms with van der Waals surface area (Å²) in [6, 6.07) is 9.86. The van der Waals surface area contributed by atoms with E-state index in [4.69, 9.17) is 5.26 Å². The Kier molecular flexibility index (Phi) is 4.03. The van der Waals surface area contributed by atoms with E-state index in [-0.39, 0.29) is 11.1 Å². The van der Waals surface area contributed by atoms with Crippen molar-refractivity contribution >= 4 is 11.8 Å². The van der Waals surface area contributed by atoms with Crippen LogP contribution in [0.1, 0.15) is 16.7 Å². The normalized spacial score (nSPS) is 10.2. The molecule has 0 saturated heterocycles. The third kappa shape index (κ3) is 2.85. The summed E-state index contributed by atoms with van der Waals surface area (Å²) in [6.45, 7) is 2.44. The maximum absolute atomic E-state index is 12.1. The molecule has 4 nitrogen and oxygen atoms in total. The molecule has 0 atom stereocenters. The zero-order chi connectivity index (χ0) is 13.8. The van der Waals surface area contributed by atoms with E-state index >= 15 is 0 Å². The lowest BCUT2D eigenvalue weighted by molar-refractivity contribution is 0.715. The van der Waals surface area contributed by atoms with Crippen LogP contribution >= 0.6 is 11.8 Å². The van der Waals surface area contributed by atoms with Crippen LogP contribution in [0.5, 0.6) is 0 Å². The van der Waals surface area contributed by atoms with Gasteiger partial charge in [-0.1, -0.05) is 29.8 Å². The molecule has 0 radical (unpaired) electrons. The Morgan fingerprint density at radius 1 is 1.37 bits per heavy atom. The van der Waals surface area contributed by atoms with Crippen molar-refractivity contribution in [2.45, 2.75) is 18.5 Å². The first-order valence-electron chi connectivity index (χ1n) is 5.74. The molecule has 0 spiro atoms. The SMILES string of the molecule is CSc1ncn(Cc2ccc(C)cc2)c(=O)c1C#N. The average Bonchev–Trinajstić information content (AvgIpc) is 2.43. The van der Waals surface area contributed by atoms with Gasteiger partial charge in [-0.15, -0.1) is 11.8 Å². The molecule has 0 unspecified atom stereocenters. The van der Waals surface area contributed by atoms with Crippen molar-refractivity contribution in [3.63, 3.8) is 0 Å². The van der Waals surface area contributed by atoms with Crippen molar-refractivity contribution in [3.8, 4) is 6.07 Å². The highest BCUT2D eigenvalue weighted by molar-refractivity contribution is 7.98. The Balaban J connectivity index is 2.39. The van der Waals surface area contributed by atoms with Gasteiger partial charge in [0.1, 0.15) is 16.7 Å². The monoisotopic (exact) mass is 271 g/mol. The molecular weight excluding hydrogens is 258 g/mol. The Hall–Kier alpha value is -2.06. The van der Waals surface area contributed by atoms with Crippen LogP contribution in [0.15, 0.2) is 40.4 Å². The third-order valence-corrected chi connectivity index (χ3v) is 3.48. The van der Waals surface area contributed by atoms with Crippen LogP contribution in [0, 0.1) is 18.3 Å². The minimum absolute atomic E-state index is 0.113. The summed E-state index contributed by atoms with van der Waals surface area (Å²) in [4.78, 5) is 16.3. The topological polar surface area (TPSA) is 58.7 Å². The summed E-state index contributed by atoms with van der Waals surface area (Å²) in [5, 5.41) is 9.52. The van der Waals surface area contributed by atoms with E-state index in [0.29, 0.717) is 11.6 Å². The highest BCUT2D eigenvalue weighted by atomic mass is 32.2. The molecule has 0 aliphatic heterocycles. The molecule has 0 N–H and O–H groups in total. The lowest BCUT2D eigenvalue weighted by atomic mass is 10.1. The van der Waals surface area contributed by atoms with Crippen molar-refractivity contribution in [1.82, 2.24) is 9.55 Å². The summed E-state index contributed by atoms with van der Waals surface area (Å²) in [6.07, 6.45) is 3.29. The second-order valence-corrected chi connectivity index (χ2v) is 4.95. The minimum Gasteiger partial charge on any atom is -0.294 e. The molecule has 1 heterocycles. The van der Waals surface area contributed by atoms with E-state index in [9.17, 15) is 4.79 Å². The van der Waals surface area contributed by atoms with Crippen molar-refractivity contribution in [2.24, 2.45) is 0 Å².